The van der Waals surface area contributed by atoms with Crippen molar-refractivity contribution in [3.05, 3.63) is 65.9 Å². The highest BCUT2D eigenvalue weighted by Gasteiger charge is 2.31. The third-order valence-electron chi connectivity index (χ3n) is 6.92. The second-order valence-electron chi connectivity index (χ2n) is 8.91. The van der Waals surface area contributed by atoms with Gasteiger partial charge in [0.25, 0.3) is 5.69 Å². The zero-order chi connectivity index (χ0) is 19.5. The molecule has 2 heteroatoms. The van der Waals surface area contributed by atoms with E-state index in [9.17, 15) is 0 Å². The number of fused-ring (bicyclic) bond motifs is 4. The van der Waals surface area contributed by atoms with E-state index < -0.39 is 0 Å². The van der Waals surface area contributed by atoms with Gasteiger partial charge in [-0.3, -0.25) is 0 Å². The molecule has 0 saturated heterocycles. The topological polar surface area (TPSA) is 13.1 Å². The van der Waals surface area contributed by atoms with Crippen molar-refractivity contribution in [1.82, 2.24) is 0 Å². The minimum atomic E-state index is 0.863. The number of aromatic nitrogens is 1. The van der Waals surface area contributed by atoms with Gasteiger partial charge in [0.1, 0.15) is 12.8 Å². The summed E-state index contributed by atoms with van der Waals surface area (Å²) in [6.07, 6.45) is 9.07. The standard InChI is InChI=1S/C27H26NO/c1-17-10-12-20-8-5-9-23-25(20)24(17)26-27(29-23)22-13-11-19(14-18-6-3-4-7-18)15-21(22)16-28(26)2/h5,8-13,15-16,18H,3-4,6-7,14H2,1-2H3/q+1. The van der Waals surface area contributed by atoms with E-state index in [-0.39, 0.29) is 0 Å². The van der Waals surface area contributed by atoms with Gasteiger partial charge in [-0.05, 0) is 54.0 Å². The first-order valence-electron chi connectivity index (χ1n) is 10.8. The maximum atomic E-state index is 6.55. The van der Waals surface area contributed by atoms with Gasteiger partial charge in [-0.1, -0.05) is 56.0 Å². The largest absolute Gasteiger partial charge is 0.449 e. The van der Waals surface area contributed by atoms with Crippen molar-refractivity contribution in [2.45, 2.75) is 39.0 Å². The molecule has 2 aliphatic rings. The summed E-state index contributed by atoms with van der Waals surface area (Å²) < 4.78 is 8.81. The number of pyridine rings is 1. The van der Waals surface area contributed by atoms with Gasteiger partial charge in [0, 0.05) is 16.2 Å². The van der Waals surface area contributed by atoms with Gasteiger partial charge in [-0.25, -0.2) is 0 Å². The van der Waals surface area contributed by atoms with E-state index in [0.29, 0.717) is 0 Å². The highest BCUT2D eigenvalue weighted by atomic mass is 16.5. The Morgan fingerprint density at radius 1 is 1.00 bits per heavy atom. The summed E-state index contributed by atoms with van der Waals surface area (Å²) in [7, 11) is 2.15. The fourth-order valence-corrected chi connectivity index (χ4v) is 5.50. The fraction of sp³-hybridized carbons (Fsp3) is 0.296. The highest BCUT2D eigenvalue weighted by molar-refractivity contribution is 6.06. The summed E-state index contributed by atoms with van der Waals surface area (Å²) in [4.78, 5) is 0. The monoisotopic (exact) mass is 380 g/mol. The van der Waals surface area contributed by atoms with Gasteiger partial charge in [0.15, 0.2) is 6.20 Å². The fourth-order valence-electron chi connectivity index (χ4n) is 5.50. The lowest BCUT2D eigenvalue weighted by atomic mass is 9.91. The van der Waals surface area contributed by atoms with E-state index in [1.54, 1.807) is 0 Å². The molecule has 144 valence electrons. The molecule has 1 aliphatic carbocycles. The van der Waals surface area contributed by atoms with Crippen LogP contribution in [0.3, 0.4) is 0 Å². The Labute approximate surface area is 171 Å². The number of hydrogen-bond donors (Lipinski definition) is 0. The molecule has 29 heavy (non-hydrogen) atoms. The first-order valence-corrected chi connectivity index (χ1v) is 10.8. The molecule has 0 radical (unpaired) electrons. The van der Waals surface area contributed by atoms with Crippen LogP contribution in [0.5, 0.6) is 11.5 Å². The second-order valence-corrected chi connectivity index (χ2v) is 8.91. The van der Waals surface area contributed by atoms with Gasteiger partial charge < -0.3 is 4.74 Å². The summed E-state index contributed by atoms with van der Waals surface area (Å²) in [6.45, 7) is 2.20. The quantitative estimate of drug-likeness (QED) is 0.313. The van der Waals surface area contributed by atoms with Crippen LogP contribution in [0, 0.1) is 12.8 Å². The molecular weight excluding hydrogens is 354 g/mol. The molecule has 0 N–H and O–H groups in total. The predicted molar refractivity (Wildman–Crippen MR) is 119 cm³/mol. The molecule has 0 bridgehead atoms. The number of ether oxygens (including phenoxy) is 1. The summed E-state index contributed by atoms with van der Waals surface area (Å²) in [5.41, 5.74) is 5.24. The van der Waals surface area contributed by atoms with Gasteiger partial charge >= 0.3 is 0 Å². The highest BCUT2D eigenvalue weighted by Crippen LogP contribution is 2.48. The third kappa shape index (κ3) is 2.58. The number of benzene rings is 3. The Balaban J connectivity index is 1.57. The normalized spacial score (nSPS) is 15.7. The van der Waals surface area contributed by atoms with Crippen LogP contribution >= 0.6 is 0 Å². The predicted octanol–water partition coefficient (Wildman–Crippen LogP) is 6.63. The van der Waals surface area contributed by atoms with E-state index in [1.807, 2.05) is 0 Å². The summed E-state index contributed by atoms with van der Waals surface area (Å²) in [5.74, 6) is 2.82. The molecule has 0 amide bonds. The van der Waals surface area contributed by atoms with Crippen LogP contribution in [0.2, 0.25) is 0 Å². The van der Waals surface area contributed by atoms with Gasteiger partial charge in [-0.2, -0.15) is 4.57 Å². The number of nitrogens with zero attached hydrogens (tertiary/aromatic N) is 1. The minimum Gasteiger partial charge on any atom is -0.449 e. The molecule has 4 aromatic rings. The van der Waals surface area contributed by atoms with Crippen molar-refractivity contribution >= 4 is 21.5 Å². The van der Waals surface area contributed by atoms with Crippen LogP contribution < -0.4 is 9.30 Å². The molecule has 1 fully saturated rings. The van der Waals surface area contributed by atoms with Crippen LogP contribution in [0.25, 0.3) is 32.8 Å². The first-order chi connectivity index (χ1) is 14.2. The van der Waals surface area contributed by atoms with Gasteiger partial charge in [-0.15, -0.1) is 0 Å². The first kappa shape index (κ1) is 17.0. The molecule has 6 rings (SSSR count). The maximum Gasteiger partial charge on any atom is 0.257 e. The van der Waals surface area contributed by atoms with Crippen molar-refractivity contribution in [2.75, 3.05) is 0 Å². The van der Waals surface area contributed by atoms with Crippen molar-refractivity contribution in [2.24, 2.45) is 13.0 Å². The molecule has 0 atom stereocenters. The van der Waals surface area contributed by atoms with Crippen LogP contribution in [0.1, 0.15) is 36.8 Å². The van der Waals surface area contributed by atoms with Gasteiger partial charge in [0.2, 0.25) is 5.75 Å². The number of hydrogen-bond acceptors (Lipinski definition) is 1. The Bertz CT molecular complexity index is 1280. The molecule has 1 saturated carbocycles. The van der Waals surface area contributed by atoms with Gasteiger partial charge in [0.05, 0.1) is 5.56 Å². The molecule has 0 spiro atoms. The Morgan fingerprint density at radius 3 is 2.72 bits per heavy atom. The molecule has 2 heterocycles. The molecule has 1 aromatic heterocycles. The second kappa shape index (κ2) is 6.32. The summed E-state index contributed by atoms with van der Waals surface area (Å²) >= 11 is 0. The number of rotatable bonds is 2. The van der Waals surface area contributed by atoms with Crippen LogP contribution in [-0.4, -0.2) is 0 Å². The molecular formula is C27H26NO+. The average molecular weight is 381 g/mol. The average Bonchev–Trinajstić information content (AvgIpc) is 3.23. The summed E-state index contributed by atoms with van der Waals surface area (Å²) in [5, 5.41) is 4.94. The molecule has 3 aromatic carbocycles. The van der Waals surface area contributed by atoms with E-state index in [0.717, 1.165) is 17.4 Å². The van der Waals surface area contributed by atoms with Crippen LogP contribution in [0.15, 0.2) is 54.7 Å². The Hall–Kier alpha value is -2.87. The van der Waals surface area contributed by atoms with E-state index in [4.69, 9.17) is 4.74 Å². The van der Waals surface area contributed by atoms with Crippen molar-refractivity contribution in [3.63, 3.8) is 0 Å². The van der Waals surface area contributed by atoms with Crippen molar-refractivity contribution < 1.29 is 9.30 Å². The van der Waals surface area contributed by atoms with E-state index >= 15 is 0 Å². The Morgan fingerprint density at radius 2 is 1.86 bits per heavy atom. The van der Waals surface area contributed by atoms with E-state index in [2.05, 4.69) is 73.3 Å². The van der Waals surface area contributed by atoms with Crippen LogP contribution in [0.4, 0.5) is 0 Å². The maximum absolute atomic E-state index is 6.55. The Kier molecular flexibility index (Phi) is 3.71. The van der Waals surface area contributed by atoms with Crippen molar-refractivity contribution in [3.8, 4) is 22.8 Å². The lowest BCUT2D eigenvalue weighted by Crippen LogP contribution is -2.32. The minimum absolute atomic E-state index is 0.863. The summed E-state index contributed by atoms with van der Waals surface area (Å²) in [6, 6.07) is 17.8. The third-order valence-corrected chi connectivity index (χ3v) is 6.92. The van der Waals surface area contributed by atoms with Crippen molar-refractivity contribution in [1.29, 1.82) is 0 Å². The molecule has 2 nitrogen and oxygen atoms in total. The zero-order valence-electron chi connectivity index (χ0n) is 17.2. The lowest BCUT2D eigenvalue weighted by Gasteiger charge is -2.22. The van der Waals surface area contributed by atoms with Crippen LogP contribution in [-0.2, 0) is 13.5 Å². The number of aryl methyl sites for hydroxylation is 2. The molecule has 0 unspecified atom stereocenters. The SMILES string of the molecule is Cc1ccc2cccc3c2c1-c1c(c2ccc(CC4CCCC4)cc2c[n+]1C)O3. The molecule has 1 aliphatic heterocycles. The van der Waals surface area contributed by atoms with E-state index in [1.165, 1.54) is 76.0 Å². The smallest absolute Gasteiger partial charge is 0.257 e. The zero-order valence-corrected chi connectivity index (χ0v) is 17.2. The lowest BCUT2D eigenvalue weighted by molar-refractivity contribution is -0.659.